The van der Waals surface area contributed by atoms with Crippen molar-refractivity contribution < 1.29 is 9.53 Å². The lowest BCUT2D eigenvalue weighted by atomic mass is 9.88. The highest BCUT2D eigenvalue weighted by atomic mass is 35.5. The zero-order valence-corrected chi connectivity index (χ0v) is 26.1. The van der Waals surface area contributed by atoms with Gasteiger partial charge in [0.25, 0.3) is 0 Å². The van der Waals surface area contributed by atoms with Crippen molar-refractivity contribution >= 4 is 45.8 Å². The van der Waals surface area contributed by atoms with Crippen LogP contribution in [-0.2, 0) is 9.53 Å². The summed E-state index contributed by atoms with van der Waals surface area (Å²) in [5.74, 6) is 0.880. The van der Waals surface area contributed by atoms with Gasteiger partial charge in [0.05, 0.1) is 41.0 Å². The number of aromatic amines is 1. The Balaban J connectivity index is 1.42. The van der Waals surface area contributed by atoms with Crippen LogP contribution in [-0.4, -0.2) is 93.7 Å². The van der Waals surface area contributed by atoms with E-state index in [-0.39, 0.29) is 17.5 Å². The number of rotatable bonds is 6. The number of hydrogen-bond donors (Lipinski definition) is 1. The van der Waals surface area contributed by atoms with Gasteiger partial charge in [0.15, 0.2) is 5.82 Å². The van der Waals surface area contributed by atoms with Crippen LogP contribution in [0.4, 0.5) is 5.82 Å². The van der Waals surface area contributed by atoms with Crippen molar-refractivity contribution in [2.45, 2.75) is 51.6 Å². The van der Waals surface area contributed by atoms with E-state index in [2.05, 4.69) is 58.1 Å². The van der Waals surface area contributed by atoms with Gasteiger partial charge in [0.1, 0.15) is 0 Å². The van der Waals surface area contributed by atoms with Crippen LogP contribution in [0.1, 0.15) is 44.8 Å². The van der Waals surface area contributed by atoms with E-state index in [9.17, 15) is 4.79 Å². The van der Waals surface area contributed by atoms with Crippen molar-refractivity contribution in [1.29, 1.82) is 0 Å². The monoisotopic (exact) mass is 611 g/mol. The van der Waals surface area contributed by atoms with Gasteiger partial charge in [0, 0.05) is 67.0 Å². The predicted molar refractivity (Wildman–Crippen MR) is 169 cm³/mol. The quantitative estimate of drug-likeness (QED) is 0.287. The molecule has 11 heteroatoms. The fourth-order valence-corrected chi connectivity index (χ4v) is 7.26. The van der Waals surface area contributed by atoms with E-state index < -0.39 is 0 Å². The SMILES string of the molecule is C=CC(=O)N1CCC(n2nc(N3CC=C(CN4CCOCC4)CC3(C)C)c(-c3c(Cl)c(Cl)cc4[nH]ncc34)c2C)CC1. The molecule has 224 valence electrons. The summed E-state index contributed by atoms with van der Waals surface area (Å²) in [5, 5.41) is 14.6. The minimum Gasteiger partial charge on any atom is -0.379 e. The molecule has 0 bridgehead atoms. The van der Waals surface area contributed by atoms with Gasteiger partial charge in [-0.25, -0.2) is 0 Å². The summed E-state index contributed by atoms with van der Waals surface area (Å²) in [6.45, 7) is 17.0. The Morgan fingerprint density at radius 2 is 1.93 bits per heavy atom. The minimum atomic E-state index is -0.183. The molecule has 0 atom stereocenters. The summed E-state index contributed by atoms with van der Waals surface area (Å²) < 4.78 is 7.72. The van der Waals surface area contributed by atoms with Crippen molar-refractivity contribution in [1.82, 2.24) is 29.8 Å². The number of carbonyl (C=O) groups excluding carboxylic acids is 1. The van der Waals surface area contributed by atoms with Gasteiger partial charge in [0.2, 0.25) is 5.91 Å². The van der Waals surface area contributed by atoms with E-state index in [1.54, 1.807) is 0 Å². The van der Waals surface area contributed by atoms with E-state index in [4.69, 9.17) is 33.0 Å². The number of morpholine rings is 1. The van der Waals surface area contributed by atoms with Crippen LogP contribution < -0.4 is 4.90 Å². The number of benzene rings is 1. The molecule has 42 heavy (non-hydrogen) atoms. The fourth-order valence-electron chi connectivity index (χ4n) is 6.81. The Morgan fingerprint density at radius 3 is 2.62 bits per heavy atom. The van der Waals surface area contributed by atoms with E-state index in [0.29, 0.717) is 23.1 Å². The van der Waals surface area contributed by atoms with Crippen molar-refractivity contribution in [2.75, 3.05) is 57.4 Å². The molecule has 1 amide bonds. The molecule has 6 rings (SSSR count). The third-order valence-corrected chi connectivity index (χ3v) is 9.84. The predicted octanol–water partition coefficient (Wildman–Crippen LogP) is 5.64. The van der Waals surface area contributed by atoms with Gasteiger partial charge in [-0.05, 0) is 52.2 Å². The molecule has 9 nitrogen and oxygen atoms in total. The Morgan fingerprint density at radius 1 is 1.19 bits per heavy atom. The van der Waals surface area contributed by atoms with E-state index in [0.717, 1.165) is 92.2 Å². The Bertz CT molecular complexity index is 1530. The molecule has 0 unspecified atom stereocenters. The summed E-state index contributed by atoms with van der Waals surface area (Å²) in [7, 11) is 0. The molecule has 3 aliphatic heterocycles. The molecule has 3 aliphatic rings. The second-order valence-corrected chi connectivity index (χ2v) is 13.0. The number of aromatic nitrogens is 4. The summed E-state index contributed by atoms with van der Waals surface area (Å²) in [4.78, 5) is 19.0. The van der Waals surface area contributed by atoms with E-state index in [1.165, 1.54) is 11.6 Å². The molecule has 0 saturated carbocycles. The molecule has 1 aromatic carbocycles. The molecule has 2 saturated heterocycles. The lowest BCUT2D eigenvalue weighted by Crippen LogP contribution is -2.49. The van der Waals surface area contributed by atoms with Crippen molar-refractivity contribution in [3.05, 3.63) is 52.3 Å². The number of H-pyrrole nitrogens is 1. The molecule has 0 radical (unpaired) electrons. The van der Waals surface area contributed by atoms with Gasteiger partial charge in [-0.1, -0.05) is 41.4 Å². The Kier molecular flexibility index (Phi) is 8.13. The van der Waals surface area contributed by atoms with Crippen molar-refractivity contribution in [3.8, 4) is 11.1 Å². The van der Waals surface area contributed by atoms with Gasteiger partial charge in [-0.15, -0.1) is 0 Å². The highest BCUT2D eigenvalue weighted by Crippen LogP contribution is 2.47. The lowest BCUT2D eigenvalue weighted by Gasteiger charge is -2.44. The number of ether oxygens (including phenoxy) is 1. The fraction of sp³-hybridized carbons (Fsp3) is 0.516. The van der Waals surface area contributed by atoms with Crippen molar-refractivity contribution in [2.24, 2.45) is 0 Å². The number of halogens is 2. The van der Waals surface area contributed by atoms with Crippen LogP contribution in [0, 0.1) is 6.92 Å². The van der Waals surface area contributed by atoms with Crippen LogP contribution in [0.15, 0.2) is 36.6 Å². The number of fused-ring (bicyclic) bond motifs is 1. The topological polar surface area (TPSA) is 82.5 Å². The van der Waals surface area contributed by atoms with E-state index >= 15 is 0 Å². The number of carbonyl (C=O) groups is 1. The number of nitrogens with zero attached hydrogens (tertiary/aromatic N) is 6. The van der Waals surface area contributed by atoms with Crippen LogP contribution in [0.25, 0.3) is 22.0 Å². The van der Waals surface area contributed by atoms with E-state index in [1.807, 2.05) is 17.2 Å². The third kappa shape index (κ3) is 5.36. The highest BCUT2D eigenvalue weighted by molar-refractivity contribution is 6.45. The maximum Gasteiger partial charge on any atom is 0.245 e. The Hall–Kier alpha value is -2.85. The number of piperidine rings is 1. The van der Waals surface area contributed by atoms with Crippen LogP contribution in [0.2, 0.25) is 10.0 Å². The average molecular weight is 613 g/mol. The number of likely N-dealkylation sites (tertiary alicyclic amines) is 1. The standard InChI is InChI=1S/C31H39Cl2N7O2/c1-5-26(41)38-9-7-22(8-10-38)40-20(2)27(28-23-18-34-35-25(23)16-24(32)29(28)33)30(36-40)39-11-6-21(17-31(39,3)4)19-37-12-14-42-15-13-37/h5-6,16,18,22H,1,7-15,17,19H2,2-4H3,(H,34,35). The maximum absolute atomic E-state index is 12.2. The van der Waals surface area contributed by atoms with Crippen LogP contribution in [0.5, 0.6) is 0 Å². The molecule has 3 aromatic rings. The first kappa shape index (κ1) is 29.2. The third-order valence-electron chi connectivity index (χ3n) is 9.06. The van der Waals surface area contributed by atoms with Crippen molar-refractivity contribution in [3.63, 3.8) is 0 Å². The first-order chi connectivity index (χ1) is 20.2. The largest absolute Gasteiger partial charge is 0.379 e. The van der Waals surface area contributed by atoms with Crippen LogP contribution in [0.3, 0.4) is 0 Å². The summed E-state index contributed by atoms with van der Waals surface area (Å²) in [6.07, 6.45) is 8.14. The number of hydrogen-bond acceptors (Lipinski definition) is 6. The lowest BCUT2D eigenvalue weighted by molar-refractivity contribution is -0.127. The maximum atomic E-state index is 12.2. The first-order valence-corrected chi connectivity index (χ1v) is 15.5. The van der Waals surface area contributed by atoms with Gasteiger partial charge >= 0.3 is 0 Å². The highest BCUT2D eigenvalue weighted by Gasteiger charge is 2.37. The molecule has 2 aromatic heterocycles. The number of nitrogens with one attached hydrogen (secondary N) is 1. The first-order valence-electron chi connectivity index (χ1n) is 14.8. The smallest absolute Gasteiger partial charge is 0.245 e. The normalized spacial score (nSPS) is 20.3. The molecule has 5 heterocycles. The zero-order chi connectivity index (χ0) is 29.6. The number of amides is 1. The second-order valence-electron chi connectivity index (χ2n) is 12.2. The van der Waals surface area contributed by atoms with Gasteiger partial charge < -0.3 is 14.5 Å². The molecular weight excluding hydrogens is 573 g/mol. The molecular formula is C31H39Cl2N7O2. The van der Waals surface area contributed by atoms with Gasteiger partial charge in [-0.3, -0.25) is 19.5 Å². The number of anilines is 1. The summed E-state index contributed by atoms with van der Waals surface area (Å²) >= 11 is 13.7. The van der Waals surface area contributed by atoms with Gasteiger partial charge in [-0.2, -0.15) is 10.2 Å². The minimum absolute atomic E-state index is 0.0187. The average Bonchev–Trinajstić information content (AvgIpc) is 3.57. The Labute approximate surface area is 257 Å². The zero-order valence-electron chi connectivity index (χ0n) is 24.6. The summed E-state index contributed by atoms with van der Waals surface area (Å²) in [6, 6.07) is 1.98. The molecule has 0 spiro atoms. The second kappa shape index (κ2) is 11.7. The molecule has 0 aliphatic carbocycles. The molecule has 2 fully saturated rings. The molecule has 1 N–H and O–H groups in total. The summed E-state index contributed by atoms with van der Waals surface area (Å²) in [5.41, 5.74) is 4.97. The van der Waals surface area contributed by atoms with Crippen LogP contribution >= 0.6 is 23.2 Å².